The lowest BCUT2D eigenvalue weighted by molar-refractivity contribution is 0.114. The molecular formula is C14H30N2. The van der Waals surface area contributed by atoms with E-state index in [-0.39, 0.29) is 0 Å². The number of rotatable bonds is 3. The quantitative estimate of drug-likeness (QED) is 0.796. The molecule has 16 heavy (non-hydrogen) atoms. The van der Waals surface area contributed by atoms with Crippen LogP contribution in [0.4, 0.5) is 0 Å². The number of hydrogen-bond donors (Lipinski definition) is 1. The highest BCUT2D eigenvalue weighted by atomic mass is 15.2. The van der Waals surface area contributed by atoms with Crippen LogP contribution in [0.25, 0.3) is 0 Å². The van der Waals surface area contributed by atoms with E-state index in [2.05, 4.69) is 51.8 Å². The molecule has 1 aliphatic rings. The predicted molar refractivity (Wildman–Crippen MR) is 71.7 cm³/mol. The van der Waals surface area contributed by atoms with Crippen molar-refractivity contribution in [1.82, 2.24) is 10.2 Å². The van der Waals surface area contributed by atoms with Crippen molar-refractivity contribution in [3.05, 3.63) is 0 Å². The normalized spacial score (nSPS) is 28.7. The molecule has 1 N–H and O–H groups in total. The summed E-state index contributed by atoms with van der Waals surface area (Å²) < 4.78 is 0. The Hall–Kier alpha value is -0.0800. The largest absolute Gasteiger partial charge is 0.312 e. The summed E-state index contributed by atoms with van der Waals surface area (Å²) in [5, 5.41) is 3.74. The van der Waals surface area contributed by atoms with E-state index in [0.29, 0.717) is 17.5 Å². The van der Waals surface area contributed by atoms with Crippen LogP contribution in [0.1, 0.15) is 48.0 Å². The molecule has 0 saturated carbocycles. The van der Waals surface area contributed by atoms with Crippen molar-refractivity contribution in [3.8, 4) is 0 Å². The first-order valence-corrected chi connectivity index (χ1v) is 6.75. The molecule has 1 fully saturated rings. The monoisotopic (exact) mass is 226 g/mol. The Morgan fingerprint density at radius 1 is 1.25 bits per heavy atom. The molecule has 0 radical (unpaired) electrons. The van der Waals surface area contributed by atoms with Crippen LogP contribution in [0.2, 0.25) is 0 Å². The van der Waals surface area contributed by atoms with E-state index >= 15 is 0 Å². The molecule has 0 aromatic heterocycles. The third-order valence-electron chi connectivity index (χ3n) is 3.34. The van der Waals surface area contributed by atoms with Gasteiger partial charge in [-0.1, -0.05) is 27.7 Å². The van der Waals surface area contributed by atoms with Gasteiger partial charge in [-0.25, -0.2) is 0 Å². The lowest BCUT2D eigenvalue weighted by atomic mass is 9.92. The van der Waals surface area contributed by atoms with Gasteiger partial charge in [-0.05, 0) is 31.6 Å². The van der Waals surface area contributed by atoms with Gasteiger partial charge in [0.25, 0.3) is 0 Å². The van der Waals surface area contributed by atoms with Crippen LogP contribution in [-0.4, -0.2) is 36.6 Å². The van der Waals surface area contributed by atoms with E-state index in [4.69, 9.17) is 0 Å². The van der Waals surface area contributed by atoms with Crippen LogP contribution in [-0.2, 0) is 0 Å². The van der Waals surface area contributed by atoms with E-state index in [1.54, 1.807) is 0 Å². The van der Waals surface area contributed by atoms with E-state index < -0.39 is 0 Å². The van der Waals surface area contributed by atoms with Gasteiger partial charge in [0.1, 0.15) is 0 Å². The van der Waals surface area contributed by atoms with E-state index in [0.717, 1.165) is 12.5 Å². The molecule has 0 spiro atoms. The molecule has 1 heterocycles. The van der Waals surface area contributed by atoms with Crippen molar-refractivity contribution in [3.63, 3.8) is 0 Å². The molecule has 0 aliphatic carbocycles. The second-order valence-electron chi connectivity index (χ2n) is 7.03. The molecule has 1 aliphatic heterocycles. The minimum Gasteiger partial charge on any atom is -0.312 e. The summed E-state index contributed by atoms with van der Waals surface area (Å²) in [5.41, 5.74) is 0.392. The maximum Gasteiger partial charge on any atom is 0.0198 e. The summed E-state index contributed by atoms with van der Waals surface area (Å²) in [4.78, 5) is 2.61. The molecule has 0 bridgehead atoms. The van der Waals surface area contributed by atoms with Gasteiger partial charge in [0, 0.05) is 31.7 Å². The van der Waals surface area contributed by atoms with E-state index in [9.17, 15) is 0 Å². The SMILES string of the molecule is CC1CC(NCC(C)(C)C)CN(C(C)C)C1. The Labute approximate surface area is 102 Å². The number of likely N-dealkylation sites (tertiary alicyclic amines) is 1. The fraction of sp³-hybridized carbons (Fsp3) is 1.00. The van der Waals surface area contributed by atoms with Crippen molar-refractivity contribution in [2.24, 2.45) is 11.3 Å². The topological polar surface area (TPSA) is 15.3 Å². The summed E-state index contributed by atoms with van der Waals surface area (Å²) in [6.07, 6.45) is 1.33. The Morgan fingerprint density at radius 2 is 1.88 bits per heavy atom. The highest BCUT2D eigenvalue weighted by molar-refractivity contribution is 4.84. The standard InChI is InChI=1S/C14H30N2/c1-11(2)16-8-12(3)7-13(9-16)15-10-14(4,5)6/h11-13,15H,7-10H2,1-6H3. The summed E-state index contributed by atoms with van der Waals surface area (Å²) in [6.45, 7) is 17.5. The van der Waals surface area contributed by atoms with Crippen molar-refractivity contribution >= 4 is 0 Å². The van der Waals surface area contributed by atoms with Gasteiger partial charge in [-0.3, -0.25) is 4.90 Å². The van der Waals surface area contributed by atoms with E-state index in [1.807, 2.05) is 0 Å². The van der Waals surface area contributed by atoms with Crippen LogP contribution in [0.5, 0.6) is 0 Å². The molecule has 0 amide bonds. The Kier molecular flexibility index (Phi) is 4.81. The smallest absolute Gasteiger partial charge is 0.0198 e. The van der Waals surface area contributed by atoms with Crippen LogP contribution < -0.4 is 5.32 Å². The Bertz CT molecular complexity index is 205. The van der Waals surface area contributed by atoms with Gasteiger partial charge in [-0.15, -0.1) is 0 Å². The van der Waals surface area contributed by atoms with Gasteiger partial charge < -0.3 is 5.32 Å². The zero-order valence-electron chi connectivity index (χ0n) is 12.0. The predicted octanol–water partition coefficient (Wildman–Crippen LogP) is 2.74. The van der Waals surface area contributed by atoms with Crippen LogP contribution in [0, 0.1) is 11.3 Å². The number of nitrogens with one attached hydrogen (secondary N) is 1. The van der Waals surface area contributed by atoms with Crippen LogP contribution >= 0.6 is 0 Å². The average molecular weight is 226 g/mol. The molecule has 2 nitrogen and oxygen atoms in total. The van der Waals surface area contributed by atoms with Crippen LogP contribution in [0.15, 0.2) is 0 Å². The Morgan fingerprint density at radius 3 is 2.38 bits per heavy atom. The van der Waals surface area contributed by atoms with Crippen LogP contribution in [0.3, 0.4) is 0 Å². The van der Waals surface area contributed by atoms with Gasteiger partial charge in [0.05, 0.1) is 0 Å². The lowest BCUT2D eigenvalue weighted by Gasteiger charge is -2.40. The molecule has 2 unspecified atom stereocenters. The zero-order valence-corrected chi connectivity index (χ0v) is 12.0. The fourth-order valence-electron chi connectivity index (χ4n) is 2.41. The van der Waals surface area contributed by atoms with Crippen molar-refractivity contribution in [2.75, 3.05) is 19.6 Å². The summed E-state index contributed by atoms with van der Waals surface area (Å²) >= 11 is 0. The van der Waals surface area contributed by atoms with E-state index in [1.165, 1.54) is 19.5 Å². The molecule has 96 valence electrons. The minimum absolute atomic E-state index is 0.392. The summed E-state index contributed by atoms with van der Waals surface area (Å²) in [5.74, 6) is 0.827. The van der Waals surface area contributed by atoms with Crippen molar-refractivity contribution in [1.29, 1.82) is 0 Å². The Balaban J connectivity index is 2.42. The molecular weight excluding hydrogens is 196 g/mol. The fourth-order valence-corrected chi connectivity index (χ4v) is 2.41. The molecule has 0 aromatic carbocycles. The number of piperidine rings is 1. The summed E-state index contributed by atoms with van der Waals surface area (Å²) in [6, 6.07) is 1.37. The second-order valence-corrected chi connectivity index (χ2v) is 7.03. The molecule has 2 heteroatoms. The van der Waals surface area contributed by atoms with Gasteiger partial charge in [-0.2, -0.15) is 0 Å². The zero-order chi connectivity index (χ0) is 12.3. The third-order valence-corrected chi connectivity index (χ3v) is 3.34. The highest BCUT2D eigenvalue weighted by Gasteiger charge is 2.26. The third kappa shape index (κ3) is 4.84. The number of hydrogen-bond acceptors (Lipinski definition) is 2. The first kappa shape index (κ1) is 14.0. The first-order chi connectivity index (χ1) is 7.28. The minimum atomic E-state index is 0.392. The number of nitrogens with zero attached hydrogens (tertiary/aromatic N) is 1. The van der Waals surface area contributed by atoms with Crippen molar-refractivity contribution < 1.29 is 0 Å². The van der Waals surface area contributed by atoms with Crippen molar-refractivity contribution in [2.45, 2.75) is 60.0 Å². The lowest BCUT2D eigenvalue weighted by Crippen LogP contribution is -2.52. The van der Waals surface area contributed by atoms with Gasteiger partial charge >= 0.3 is 0 Å². The summed E-state index contributed by atoms with van der Waals surface area (Å²) in [7, 11) is 0. The maximum atomic E-state index is 3.74. The second kappa shape index (κ2) is 5.50. The molecule has 0 aromatic rings. The molecule has 2 atom stereocenters. The van der Waals surface area contributed by atoms with Gasteiger partial charge in [0.15, 0.2) is 0 Å². The average Bonchev–Trinajstić information content (AvgIpc) is 2.13. The maximum absolute atomic E-state index is 3.74. The first-order valence-electron chi connectivity index (χ1n) is 6.75. The highest BCUT2D eigenvalue weighted by Crippen LogP contribution is 2.19. The molecule has 1 saturated heterocycles. The molecule has 1 rings (SSSR count). The van der Waals surface area contributed by atoms with Gasteiger partial charge in [0.2, 0.25) is 0 Å².